The third-order valence-electron chi connectivity index (χ3n) is 4.57. The second-order valence-electron chi connectivity index (χ2n) is 6.94. The van der Waals surface area contributed by atoms with Gasteiger partial charge in [-0.1, -0.05) is 18.2 Å². The monoisotopic (exact) mass is 542 g/mol. The molecule has 0 saturated carbocycles. The Kier molecular flexibility index (Phi) is 11.4. The second kappa shape index (κ2) is 12.7. The Hall–Kier alpha value is -0.980. The molecule has 1 N–H and O–H groups in total. The molecule has 29 heavy (non-hydrogen) atoms. The van der Waals surface area contributed by atoms with E-state index in [0.29, 0.717) is 50.7 Å². The van der Waals surface area contributed by atoms with Crippen molar-refractivity contribution in [1.82, 2.24) is 14.5 Å². The molecule has 1 heterocycles. The molecule has 1 aliphatic heterocycles. The molecule has 0 spiro atoms. The zero-order chi connectivity index (χ0) is 20.6. The molecule has 0 bridgehead atoms. The number of benzene rings is 1. The number of halogens is 2. The van der Waals surface area contributed by atoms with Crippen LogP contribution in [-0.2, 0) is 21.2 Å². The van der Waals surface area contributed by atoms with Gasteiger partial charge in [-0.05, 0) is 31.9 Å². The van der Waals surface area contributed by atoms with Crippen molar-refractivity contribution < 1.29 is 17.5 Å². The number of nitrogens with zero attached hydrogens (tertiary/aromatic N) is 3. The molecule has 0 aromatic heterocycles. The molecule has 0 unspecified atom stereocenters. The van der Waals surface area contributed by atoms with Gasteiger partial charge in [-0.15, -0.1) is 24.0 Å². The molecule has 7 nitrogen and oxygen atoms in total. The zero-order valence-corrected chi connectivity index (χ0v) is 20.5. The fraction of sp³-hybridized carbons (Fsp3) is 0.632. The molecule has 166 valence electrons. The summed E-state index contributed by atoms with van der Waals surface area (Å²) in [6.45, 7) is 6.48. The first-order valence-corrected chi connectivity index (χ1v) is 11.2. The van der Waals surface area contributed by atoms with Crippen LogP contribution in [0.5, 0.6) is 0 Å². The highest BCUT2D eigenvalue weighted by Gasteiger charge is 2.27. The molecular weight excluding hydrogens is 510 g/mol. The summed E-state index contributed by atoms with van der Waals surface area (Å²) in [5.74, 6) is 0.497. The van der Waals surface area contributed by atoms with Gasteiger partial charge in [0.05, 0.1) is 18.5 Å². The lowest BCUT2D eigenvalue weighted by molar-refractivity contribution is 0.0904. The topological polar surface area (TPSA) is 74.2 Å². The Bertz CT molecular complexity index is 754. The molecule has 0 radical (unpaired) electrons. The molecule has 0 atom stereocenters. The van der Waals surface area contributed by atoms with Crippen molar-refractivity contribution in [2.75, 3.05) is 52.1 Å². The van der Waals surface area contributed by atoms with Gasteiger partial charge in [-0.2, -0.15) is 4.31 Å². The van der Waals surface area contributed by atoms with Gasteiger partial charge in [-0.3, -0.25) is 4.99 Å². The van der Waals surface area contributed by atoms with E-state index < -0.39 is 10.0 Å². The summed E-state index contributed by atoms with van der Waals surface area (Å²) in [5.41, 5.74) is 0.657. The predicted molar refractivity (Wildman–Crippen MR) is 125 cm³/mol. The third kappa shape index (κ3) is 8.35. The van der Waals surface area contributed by atoms with E-state index in [1.54, 1.807) is 19.2 Å². The molecule has 1 fully saturated rings. The number of nitrogens with one attached hydrogen (secondary N) is 1. The average molecular weight is 542 g/mol. The Balaban J connectivity index is 0.00000420. The van der Waals surface area contributed by atoms with Crippen LogP contribution in [0.25, 0.3) is 0 Å². The smallest absolute Gasteiger partial charge is 0.216 e. The normalized spacial score (nSPS) is 16.0. The van der Waals surface area contributed by atoms with E-state index in [2.05, 4.69) is 10.3 Å². The Labute approximate surface area is 190 Å². The van der Waals surface area contributed by atoms with Gasteiger partial charge in [0.1, 0.15) is 5.82 Å². The molecular formula is C19H32FIN4O3S. The van der Waals surface area contributed by atoms with Crippen LogP contribution in [0.15, 0.2) is 29.3 Å². The summed E-state index contributed by atoms with van der Waals surface area (Å²) >= 11 is 0. The minimum atomic E-state index is -3.31. The number of piperazine rings is 1. The van der Waals surface area contributed by atoms with Crippen LogP contribution in [-0.4, -0.2) is 81.8 Å². The van der Waals surface area contributed by atoms with Crippen molar-refractivity contribution in [3.05, 3.63) is 35.6 Å². The molecule has 0 aliphatic carbocycles. The number of ether oxygens (including phenoxy) is 1. The Morgan fingerprint density at radius 2 is 1.90 bits per heavy atom. The lowest BCUT2D eigenvalue weighted by atomic mass is 10.1. The van der Waals surface area contributed by atoms with E-state index >= 15 is 0 Å². The standard InChI is InChI=1S/C19H31FN4O3S.HI/c1-16(2)27-14-15-28(25,26)24-12-10-23(11-13-24)19(21-3)22-9-8-17-6-4-5-7-18(17)20;/h4-7,16H,8-15H2,1-3H3,(H,21,22);1H. The van der Waals surface area contributed by atoms with Crippen molar-refractivity contribution in [3.63, 3.8) is 0 Å². The summed E-state index contributed by atoms with van der Waals surface area (Å²) in [5, 5.41) is 3.24. The van der Waals surface area contributed by atoms with Crippen LogP contribution in [0, 0.1) is 5.82 Å². The largest absolute Gasteiger partial charge is 0.378 e. The molecule has 0 amide bonds. The average Bonchev–Trinajstić information content (AvgIpc) is 2.66. The third-order valence-corrected chi connectivity index (χ3v) is 6.41. The molecule has 1 aromatic carbocycles. The highest BCUT2D eigenvalue weighted by Crippen LogP contribution is 2.10. The van der Waals surface area contributed by atoms with Crippen molar-refractivity contribution in [1.29, 1.82) is 0 Å². The number of guanidine groups is 1. The van der Waals surface area contributed by atoms with E-state index in [4.69, 9.17) is 4.74 Å². The lowest BCUT2D eigenvalue weighted by Crippen LogP contribution is -2.54. The van der Waals surface area contributed by atoms with E-state index in [-0.39, 0.29) is 48.3 Å². The minimum absolute atomic E-state index is 0. The Morgan fingerprint density at radius 1 is 1.24 bits per heavy atom. The van der Waals surface area contributed by atoms with Crippen molar-refractivity contribution in [3.8, 4) is 0 Å². The number of aliphatic imine (C=N–C) groups is 1. The summed E-state index contributed by atoms with van der Waals surface area (Å²) < 4.78 is 45.4. The number of sulfonamides is 1. The maximum absolute atomic E-state index is 13.7. The zero-order valence-electron chi connectivity index (χ0n) is 17.3. The fourth-order valence-electron chi connectivity index (χ4n) is 3.04. The number of hydrogen-bond donors (Lipinski definition) is 1. The number of hydrogen-bond acceptors (Lipinski definition) is 4. The van der Waals surface area contributed by atoms with Crippen LogP contribution < -0.4 is 5.32 Å². The minimum Gasteiger partial charge on any atom is -0.378 e. The Morgan fingerprint density at radius 3 is 2.48 bits per heavy atom. The first-order chi connectivity index (χ1) is 13.3. The van der Waals surface area contributed by atoms with Gasteiger partial charge in [0.25, 0.3) is 0 Å². The lowest BCUT2D eigenvalue weighted by Gasteiger charge is -2.35. The van der Waals surface area contributed by atoms with Gasteiger partial charge in [0.2, 0.25) is 10.0 Å². The fourth-order valence-corrected chi connectivity index (χ4v) is 4.32. The highest BCUT2D eigenvalue weighted by atomic mass is 127. The highest BCUT2D eigenvalue weighted by molar-refractivity contribution is 14.0. The van der Waals surface area contributed by atoms with Gasteiger partial charge in [0.15, 0.2) is 5.96 Å². The molecule has 1 saturated heterocycles. The van der Waals surface area contributed by atoms with Crippen molar-refractivity contribution >= 4 is 40.0 Å². The van der Waals surface area contributed by atoms with Crippen LogP contribution in [0.2, 0.25) is 0 Å². The summed E-state index contributed by atoms with van der Waals surface area (Å²) in [6.07, 6.45) is 0.571. The van der Waals surface area contributed by atoms with Crippen LogP contribution in [0.3, 0.4) is 0 Å². The molecule has 1 aliphatic rings. The maximum atomic E-state index is 13.7. The summed E-state index contributed by atoms with van der Waals surface area (Å²) in [4.78, 5) is 6.30. The van der Waals surface area contributed by atoms with E-state index in [9.17, 15) is 12.8 Å². The summed E-state index contributed by atoms with van der Waals surface area (Å²) in [7, 11) is -1.62. The number of rotatable bonds is 8. The van der Waals surface area contributed by atoms with Crippen LogP contribution in [0.1, 0.15) is 19.4 Å². The summed E-state index contributed by atoms with van der Waals surface area (Å²) in [6, 6.07) is 6.72. The van der Waals surface area contributed by atoms with Crippen molar-refractivity contribution in [2.24, 2.45) is 4.99 Å². The van der Waals surface area contributed by atoms with Gasteiger partial charge < -0.3 is 15.0 Å². The predicted octanol–water partition coefficient (Wildman–Crippen LogP) is 1.93. The maximum Gasteiger partial charge on any atom is 0.216 e. The van der Waals surface area contributed by atoms with Gasteiger partial charge in [-0.25, -0.2) is 12.8 Å². The quantitative estimate of drug-likeness (QED) is 0.309. The SMILES string of the molecule is CN=C(NCCc1ccccc1F)N1CCN(S(=O)(=O)CCOC(C)C)CC1.I. The van der Waals surface area contributed by atoms with E-state index in [1.165, 1.54) is 10.4 Å². The van der Waals surface area contributed by atoms with Gasteiger partial charge in [0, 0.05) is 39.8 Å². The first-order valence-electron chi connectivity index (χ1n) is 9.62. The van der Waals surface area contributed by atoms with Crippen LogP contribution >= 0.6 is 24.0 Å². The molecule has 2 rings (SSSR count). The second-order valence-corrected chi connectivity index (χ2v) is 9.03. The van der Waals surface area contributed by atoms with Gasteiger partial charge >= 0.3 is 0 Å². The molecule has 1 aromatic rings. The molecule has 10 heteroatoms. The van der Waals surface area contributed by atoms with Crippen molar-refractivity contribution in [2.45, 2.75) is 26.4 Å². The first kappa shape index (κ1) is 26.1. The van der Waals surface area contributed by atoms with E-state index in [0.717, 1.165) is 0 Å². The van der Waals surface area contributed by atoms with E-state index in [1.807, 2.05) is 24.8 Å². The van der Waals surface area contributed by atoms with Crippen LogP contribution in [0.4, 0.5) is 4.39 Å².